The highest BCUT2D eigenvalue weighted by Crippen LogP contribution is 2.35. The van der Waals surface area contributed by atoms with Gasteiger partial charge in [0.15, 0.2) is 5.82 Å². The van der Waals surface area contributed by atoms with Crippen LogP contribution in [-0.2, 0) is 5.41 Å². The Morgan fingerprint density at radius 2 is 1.11 bits per heavy atom. The molecule has 6 heteroatoms. The third-order valence-electron chi connectivity index (χ3n) is 8.31. The molecule has 0 spiro atoms. The number of para-hydroxylation sites is 1. The molecule has 5 aromatic heterocycles. The van der Waals surface area contributed by atoms with Crippen molar-refractivity contribution in [2.45, 2.75) is 26.2 Å². The van der Waals surface area contributed by atoms with E-state index in [1.807, 2.05) is 36.4 Å². The fraction of sp³-hybridized carbons (Fsp3) is 0.100. The summed E-state index contributed by atoms with van der Waals surface area (Å²) in [6, 6.07) is 39.1. The van der Waals surface area contributed by atoms with Crippen LogP contribution in [0.3, 0.4) is 0 Å². The van der Waals surface area contributed by atoms with Gasteiger partial charge in [-0.2, -0.15) is 0 Å². The summed E-state index contributed by atoms with van der Waals surface area (Å²) in [4.78, 5) is 29.4. The normalized spacial score (nSPS) is 11.8. The molecule has 5 heterocycles. The van der Waals surface area contributed by atoms with Crippen LogP contribution in [0.4, 0.5) is 0 Å². The Kier molecular flexibility index (Phi) is 6.57. The number of aromatic nitrogens is 6. The fourth-order valence-electron chi connectivity index (χ4n) is 5.86. The first kappa shape index (κ1) is 27.7. The molecule has 46 heavy (non-hydrogen) atoms. The number of benzene rings is 3. The summed E-state index contributed by atoms with van der Waals surface area (Å²) in [5.74, 6) is 0.564. The minimum Gasteiger partial charge on any atom is -0.255 e. The molecule has 0 saturated carbocycles. The van der Waals surface area contributed by atoms with Gasteiger partial charge in [0.25, 0.3) is 0 Å². The quantitative estimate of drug-likeness (QED) is 0.189. The third kappa shape index (κ3) is 4.94. The largest absolute Gasteiger partial charge is 0.255 e. The smallest absolute Gasteiger partial charge is 0.179 e. The first-order chi connectivity index (χ1) is 22.4. The fourth-order valence-corrected chi connectivity index (χ4v) is 5.86. The predicted octanol–water partition coefficient (Wildman–Crippen LogP) is 9.48. The van der Waals surface area contributed by atoms with Crippen LogP contribution in [0.5, 0.6) is 0 Å². The van der Waals surface area contributed by atoms with Crippen molar-refractivity contribution in [2.75, 3.05) is 0 Å². The summed E-state index contributed by atoms with van der Waals surface area (Å²) in [6.45, 7) is 6.56. The van der Waals surface area contributed by atoms with Crippen molar-refractivity contribution in [2.24, 2.45) is 0 Å². The van der Waals surface area contributed by atoms with Crippen molar-refractivity contribution in [3.8, 4) is 45.3 Å². The summed E-state index contributed by atoms with van der Waals surface area (Å²) >= 11 is 0. The molecule has 0 radical (unpaired) electrons. The lowest BCUT2D eigenvalue weighted by Gasteiger charge is -2.18. The number of nitrogens with zero attached hydrogens (tertiary/aromatic N) is 6. The second-order valence-electron chi connectivity index (χ2n) is 12.5. The molecule has 0 aliphatic heterocycles. The molecule has 0 bridgehead atoms. The van der Waals surface area contributed by atoms with Gasteiger partial charge < -0.3 is 0 Å². The molecule has 8 aromatic rings. The van der Waals surface area contributed by atoms with Gasteiger partial charge in [0.05, 0.1) is 27.9 Å². The van der Waals surface area contributed by atoms with Gasteiger partial charge in [0, 0.05) is 50.8 Å². The maximum Gasteiger partial charge on any atom is 0.179 e. The van der Waals surface area contributed by atoms with Gasteiger partial charge in [0.2, 0.25) is 0 Å². The molecule has 0 aliphatic rings. The molecular formula is C40H30N6. The highest BCUT2D eigenvalue weighted by Gasteiger charge is 2.18. The van der Waals surface area contributed by atoms with Crippen molar-refractivity contribution in [3.63, 3.8) is 0 Å². The Morgan fingerprint density at radius 3 is 1.80 bits per heavy atom. The average molecular weight is 595 g/mol. The van der Waals surface area contributed by atoms with E-state index in [0.29, 0.717) is 11.5 Å². The first-order valence-electron chi connectivity index (χ1n) is 15.4. The van der Waals surface area contributed by atoms with Crippen LogP contribution in [0.2, 0.25) is 0 Å². The Labute approximate surface area is 266 Å². The standard InChI is InChI=1S/C40H30N6/c1-40(2,3)34-22-20-28-18-17-27-19-21-31(43-35(27)36(28)44-34)26-15-13-25(14-16-26)29-9-8-10-30-37(29)45-39(33-12-5-7-24-42-33)46-38(30)32-11-4-6-23-41-32/h4-24H,1-3H3. The number of hydrogen-bond donors (Lipinski definition) is 0. The summed E-state index contributed by atoms with van der Waals surface area (Å²) in [6.07, 6.45) is 3.55. The first-order valence-corrected chi connectivity index (χ1v) is 15.4. The van der Waals surface area contributed by atoms with Crippen LogP contribution < -0.4 is 0 Å². The van der Waals surface area contributed by atoms with Gasteiger partial charge in [-0.15, -0.1) is 0 Å². The second-order valence-corrected chi connectivity index (χ2v) is 12.5. The van der Waals surface area contributed by atoms with Gasteiger partial charge >= 0.3 is 0 Å². The number of pyridine rings is 4. The zero-order valence-corrected chi connectivity index (χ0v) is 25.8. The zero-order valence-electron chi connectivity index (χ0n) is 25.8. The van der Waals surface area contributed by atoms with E-state index in [1.165, 1.54) is 0 Å². The molecule has 0 amide bonds. The number of fused-ring (bicyclic) bond motifs is 4. The molecule has 0 unspecified atom stereocenters. The van der Waals surface area contributed by atoms with Crippen molar-refractivity contribution < 1.29 is 0 Å². The van der Waals surface area contributed by atoms with Crippen molar-refractivity contribution in [1.82, 2.24) is 29.9 Å². The Morgan fingerprint density at radius 1 is 0.457 bits per heavy atom. The lowest BCUT2D eigenvalue weighted by molar-refractivity contribution is 0.571. The molecule has 3 aromatic carbocycles. The summed E-state index contributed by atoms with van der Waals surface area (Å²) < 4.78 is 0. The molecule has 0 atom stereocenters. The van der Waals surface area contributed by atoms with Crippen LogP contribution in [0, 0.1) is 0 Å². The Balaban J connectivity index is 1.24. The van der Waals surface area contributed by atoms with Gasteiger partial charge in [-0.1, -0.05) is 99.6 Å². The zero-order chi connectivity index (χ0) is 31.3. The molecule has 6 nitrogen and oxygen atoms in total. The molecule has 0 aliphatic carbocycles. The van der Waals surface area contributed by atoms with Crippen molar-refractivity contribution in [1.29, 1.82) is 0 Å². The maximum atomic E-state index is 5.14. The van der Waals surface area contributed by atoms with Crippen molar-refractivity contribution in [3.05, 3.63) is 133 Å². The van der Waals surface area contributed by atoms with E-state index in [1.54, 1.807) is 12.4 Å². The topological polar surface area (TPSA) is 77.3 Å². The number of rotatable bonds is 4. The van der Waals surface area contributed by atoms with E-state index < -0.39 is 0 Å². The van der Waals surface area contributed by atoms with Crippen LogP contribution in [0.1, 0.15) is 26.5 Å². The third-order valence-corrected chi connectivity index (χ3v) is 8.31. The van der Waals surface area contributed by atoms with E-state index in [4.69, 9.17) is 19.9 Å². The monoisotopic (exact) mass is 594 g/mol. The van der Waals surface area contributed by atoms with Gasteiger partial charge in [-0.05, 0) is 42.0 Å². The molecule has 0 saturated heterocycles. The summed E-state index contributed by atoms with van der Waals surface area (Å²) in [7, 11) is 0. The van der Waals surface area contributed by atoms with E-state index >= 15 is 0 Å². The van der Waals surface area contributed by atoms with Crippen LogP contribution in [-0.4, -0.2) is 29.9 Å². The lowest BCUT2D eigenvalue weighted by atomic mass is 9.91. The summed E-state index contributed by atoms with van der Waals surface area (Å²) in [5, 5.41) is 3.10. The molecular weight excluding hydrogens is 564 g/mol. The van der Waals surface area contributed by atoms with Gasteiger partial charge in [-0.25, -0.2) is 19.9 Å². The minimum absolute atomic E-state index is 0.0485. The van der Waals surface area contributed by atoms with Gasteiger partial charge in [-0.3, -0.25) is 9.97 Å². The number of hydrogen-bond acceptors (Lipinski definition) is 6. The van der Waals surface area contributed by atoms with E-state index in [2.05, 4.69) is 110 Å². The van der Waals surface area contributed by atoms with E-state index in [-0.39, 0.29) is 5.41 Å². The van der Waals surface area contributed by atoms with Crippen molar-refractivity contribution >= 4 is 32.7 Å². The van der Waals surface area contributed by atoms with E-state index in [9.17, 15) is 0 Å². The lowest BCUT2D eigenvalue weighted by Crippen LogP contribution is -2.13. The molecule has 0 fully saturated rings. The second kappa shape index (κ2) is 10.9. The Hall–Kier alpha value is -5.88. The molecule has 0 N–H and O–H groups in total. The van der Waals surface area contributed by atoms with Crippen LogP contribution in [0.25, 0.3) is 78.0 Å². The van der Waals surface area contributed by atoms with Crippen LogP contribution in [0.15, 0.2) is 128 Å². The highest BCUT2D eigenvalue weighted by molar-refractivity contribution is 6.04. The molecule has 8 rings (SSSR count). The Bertz CT molecular complexity index is 2380. The minimum atomic E-state index is -0.0485. The SMILES string of the molecule is CC(C)(C)c1ccc2ccc3ccc(-c4ccc(-c5cccc6c(-c7ccccn7)nc(-c7ccccn7)nc56)cc4)nc3c2n1. The molecule has 220 valence electrons. The predicted molar refractivity (Wildman–Crippen MR) is 186 cm³/mol. The maximum absolute atomic E-state index is 5.14. The van der Waals surface area contributed by atoms with Crippen LogP contribution >= 0.6 is 0 Å². The van der Waals surface area contributed by atoms with Gasteiger partial charge in [0.1, 0.15) is 11.4 Å². The van der Waals surface area contributed by atoms with E-state index in [0.717, 1.165) is 72.2 Å². The highest BCUT2D eigenvalue weighted by atomic mass is 14.9. The summed E-state index contributed by atoms with van der Waals surface area (Å²) in [5.41, 5.74) is 10.00. The average Bonchev–Trinajstić information content (AvgIpc) is 3.11.